The van der Waals surface area contributed by atoms with Gasteiger partial charge in [-0.3, -0.25) is 9.58 Å². The summed E-state index contributed by atoms with van der Waals surface area (Å²) in [6.45, 7) is 6.89. The van der Waals surface area contributed by atoms with E-state index in [1.807, 2.05) is 36.7 Å². The first-order chi connectivity index (χ1) is 12.1. The Labute approximate surface area is 149 Å². The van der Waals surface area contributed by atoms with Gasteiger partial charge in [0.15, 0.2) is 0 Å². The minimum Gasteiger partial charge on any atom is -0.468 e. The molecule has 0 amide bonds. The SMILES string of the molecule is Cc1cc(C)n(C[C@@H](O)CN(Cc2ccco2)C[C@@H]2CC=CCC2)n1. The van der Waals surface area contributed by atoms with Gasteiger partial charge in [0, 0.05) is 18.8 Å². The Kier molecular flexibility index (Phi) is 6.10. The third kappa shape index (κ3) is 5.31. The van der Waals surface area contributed by atoms with Gasteiger partial charge in [0.2, 0.25) is 0 Å². The number of aliphatic hydroxyl groups is 1. The number of furan rings is 1. The zero-order valence-electron chi connectivity index (χ0n) is 15.3. The number of allylic oxidation sites excluding steroid dienone is 2. The van der Waals surface area contributed by atoms with E-state index in [4.69, 9.17) is 4.42 Å². The average molecular weight is 343 g/mol. The largest absolute Gasteiger partial charge is 0.468 e. The molecule has 0 aliphatic heterocycles. The fraction of sp³-hybridized carbons (Fsp3) is 0.550. The Bertz CT molecular complexity index is 675. The van der Waals surface area contributed by atoms with Crippen molar-refractivity contribution in [3.8, 4) is 0 Å². The zero-order chi connectivity index (χ0) is 17.6. The predicted octanol–water partition coefficient (Wildman–Crippen LogP) is 3.31. The van der Waals surface area contributed by atoms with Crippen LogP contribution < -0.4 is 0 Å². The summed E-state index contributed by atoms with van der Waals surface area (Å²) in [6.07, 6.45) is 9.32. The smallest absolute Gasteiger partial charge is 0.117 e. The third-order valence-electron chi connectivity index (χ3n) is 4.81. The van der Waals surface area contributed by atoms with Crippen molar-refractivity contribution in [2.24, 2.45) is 5.92 Å². The lowest BCUT2D eigenvalue weighted by Gasteiger charge is -2.29. The van der Waals surface area contributed by atoms with Crippen LogP contribution in [-0.4, -0.2) is 39.0 Å². The topological polar surface area (TPSA) is 54.4 Å². The number of aliphatic hydroxyl groups excluding tert-OH is 1. The number of aryl methyl sites for hydroxylation is 2. The van der Waals surface area contributed by atoms with E-state index >= 15 is 0 Å². The monoisotopic (exact) mass is 343 g/mol. The summed E-state index contributed by atoms with van der Waals surface area (Å²) < 4.78 is 7.42. The second-order valence-corrected chi connectivity index (χ2v) is 7.19. The number of aromatic nitrogens is 2. The van der Waals surface area contributed by atoms with Crippen molar-refractivity contribution in [1.82, 2.24) is 14.7 Å². The summed E-state index contributed by atoms with van der Waals surface area (Å²) >= 11 is 0. The molecule has 2 heterocycles. The maximum absolute atomic E-state index is 10.6. The lowest BCUT2D eigenvalue weighted by molar-refractivity contribution is 0.0779. The van der Waals surface area contributed by atoms with Crippen molar-refractivity contribution in [3.63, 3.8) is 0 Å². The van der Waals surface area contributed by atoms with Crippen LogP contribution in [0.1, 0.15) is 36.4 Å². The van der Waals surface area contributed by atoms with E-state index in [2.05, 4.69) is 22.2 Å². The van der Waals surface area contributed by atoms with Gasteiger partial charge in [-0.2, -0.15) is 5.10 Å². The van der Waals surface area contributed by atoms with Crippen LogP contribution in [0.25, 0.3) is 0 Å². The van der Waals surface area contributed by atoms with Crippen LogP contribution in [0.5, 0.6) is 0 Å². The molecule has 1 aliphatic rings. The van der Waals surface area contributed by atoms with Crippen LogP contribution in [0.3, 0.4) is 0 Å². The lowest BCUT2D eigenvalue weighted by atomic mass is 9.94. The van der Waals surface area contributed by atoms with Crippen LogP contribution >= 0.6 is 0 Å². The fourth-order valence-corrected chi connectivity index (χ4v) is 3.63. The summed E-state index contributed by atoms with van der Waals surface area (Å²) in [5, 5.41) is 15.1. The highest BCUT2D eigenvalue weighted by Gasteiger charge is 2.19. The van der Waals surface area contributed by atoms with Crippen molar-refractivity contribution >= 4 is 0 Å². The average Bonchev–Trinajstić information content (AvgIpc) is 3.18. The van der Waals surface area contributed by atoms with Gasteiger partial charge in [-0.1, -0.05) is 12.2 Å². The van der Waals surface area contributed by atoms with Crippen molar-refractivity contribution < 1.29 is 9.52 Å². The maximum Gasteiger partial charge on any atom is 0.117 e. The van der Waals surface area contributed by atoms with E-state index in [1.165, 1.54) is 6.42 Å². The van der Waals surface area contributed by atoms with Crippen LogP contribution in [0.2, 0.25) is 0 Å². The van der Waals surface area contributed by atoms with Gasteiger partial charge in [-0.15, -0.1) is 0 Å². The Balaban J connectivity index is 1.61. The first-order valence-electron chi connectivity index (χ1n) is 9.19. The number of hydrogen-bond acceptors (Lipinski definition) is 4. The zero-order valence-corrected chi connectivity index (χ0v) is 15.3. The van der Waals surface area contributed by atoms with E-state index in [0.29, 0.717) is 19.0 Å². The van der Waals surface area contributed by atoms with Gasteiger partial charge >= 0.3 is 0 Å². The maximum atomic E-state index is 10.6. The first kappa shape index (κ1) is 18.0. The van der Waals surface area contributed by atoms with Crippen molar-refractivity contribution in [3.05, 3.63) is 53.8 Å². The number of hydrogen-bond donors (Lipinski definition) is 1. The van der Waals surface area contributed by atoms with E-state index in [-0.39, 0.29) is 0 Å². The molecular formula is C20H29N3O2. The normalized spacial score (nSPS) is 18.8. The van der Waals surface area contributed by atoms with E-state index in [0.717, 1.165) is 43.1 Å². The standard InChI is InChI=1S/C20H29N3O2/c1-16-11-17(2)23(21-16)14-19(24)13-22(15-20-9-6-10-25-20)12-18-7-4-3-5-8-18/h3-4,6,9-11,18-19,24H,5,7-8,12-15H2,1-2H3/t18-,19+/m1/s1. The molecule has 0 saturated carbocycles. The molecule has 1 aliphatic carbocycles. The number of nitrogens with zero attached hydrogens (tertiary/aromatic N) is 3. The minimum absolute atomic E-state index is 0.452. The van der Waals surface area contributed by atoms with Gasteiger partial charge in [0.25, 0.3) is 0 Å². The van der Waals surface area contributed by atoms with Crippen LogP contribution in [-0.2, 0) is 13.1 Å². The lowest BCUT2D eigenvalue weighted by Crippen LogP contribution is -2.38. The Hall–Kier alpha value is -1.85. The number of rotatable bonds is 8. The molecule has 0 saturated heterocycles. The summed E-state index contributed by atoms with van der Waals surface area (Å²) in [4.78, 5) is 2.32. The predicted molar refractivity (Wildman–Crippen MR) is 98.2 cm³/mol. The highest BCUT2D eigenvalue weighted by molar-refractivity contribution is 5.06. The second-order valence-electron chi connectivity index (χ2n) is 7.19. The molecule has 0 spiro atoms. The Morgan fingerprint density at radius 3 is 2.92 bits per heavy atom. The van der Waals surface area contributed by atoms with Gasteiger partial charge in [0.05, 0.1) is 31.2 Å². The van der Waals surface area contributed by atoms with E-state index in [1.54, 1.807) is 6.26 Å². The van der Waals surface area contributed by atoms with Gasteiger partial charge in [-0.05, 0) is 57.2 Å². The first-order valence-corrected chi connectivity index (χ1v) is 9.19. The fourth-order valence-electron chi connectivity index (χ4n) is 3.63. The molecule has 5 heteroatoms. The van der Waals surface area contributed by atoms with E-state index < -0.39 is 6.10 Å². The minimum atomic E-state index is -0.452. The van der Waals surface area contributed by atoms with Crippen molar-refractivity contribution in [2.45, 2.75) is 52.3 Å². The molecular weight excluding hydrogens is 314 g/mol. The Morgan fingerprint density at radius 2 is 2.28 bits per heavy atom. The second kappa shape index (κ2) is 8.50. The highest BCUT2D eigenvalue weighted by atomic mass is 16.3. The molecule has 25 heavy (non-hydrogen) atoms. The molecule has 0 aromatic carbocycles. The summed E-state index contributed by atoms with van der Waals surface area (Å²) in [5.41, 5.74) is 2.08. The summed E-state index contributed by atoms with van der Waals surface area (Å²) in [5.74, 6) is 1.60. The van der Waals surface area contributed by atoms with Gasteiger partial charge in [0.1, 0.15) is 5.76 Å². The molecule has 2 atom stereocenters. The summed E-state index contributed by atoms with van der Waals surface area (Å²) in [7, 11) is 0. The molecule has 0 unspecified atom stereocenters. The van der Waals surface area contributed by atoms with Crippen molar-refractivity contribution in [1.29, 1.82) is 0 Å². The summed E-state index contributed by atoms with van der Waals surface area (Å²) in [6, 6.07) is 5.96. The molecule has 5 nitrogen and oxygen atoms in total. The molecule has 0 fully saturated rings. The quantitative estimate of drug-likeness (QED) is 0.747. The van der Waals surface area contributed by atoms with E-state index in [9.17, 15) is 5.11 Å². The van der Waals surface area contributed by atoms with Gasteiger partial charge in [-0.25, -0.2) is 0 Å². The Morgan fingerprint density at radius 1 is 1.40 bits per heavy atom. The van der Waals surface area contributed by atoms with Crippen LogP contribution in [0.15, 0.2) is 41.0 Å². The molecule has 0 radical (unpaired) electrons. The molecule has 2 aromatic rings. The molecule has 136 valence electrons. The van der Waals surface area contributed by atoms with Gasteiger partial charge < -0.3 is 9.52 Å². The third-order valence-corrected chi connectivity index (χ3v) is 4.81. The molecule has 0 bridgehead atoms. The molecule has 3 rings (SSSR count). The molecule has 1 N–H and O–H groups in total. The van der Waals surface area contributed by atoms with Crippen LogP contribution in [0.4, 0.5) is 0 Å². The van der Waals surface area contributed by atoms with Crippen molar-refractivity contribution in [2.75, 3.05) is 13.1 Å². The van der Waals surface area contributed by atoms with Crippen LogP contribution in [0, 0.1) is 19.8 Å². The molecule has 2 aromatic heterocycles. The highest BCUT2D eigenvalue weighted by Crippen LogP contribution is 2.20.